The van der Waals surface area contributed by atoms with Crippen molar-refractivity contribution in [2.75, 3.05) is 5.32 Å². The number of fused-ring (bicyclic) bond motifs is 3. The number of benzene rings is 2. The highest BCUT2D eigenvalue weighted by molar-refractivity contribution is 5.84. The number of rotatable bonds is 3. The number of hydrogen-bond acceptors (Lipinski definition) is 4. The third-order valence-corrected chi connectivity index (χ3v) is 4.02. The van der Waals surface area contributed by atoms with Crippen LogP contribution in [0.25, 0.3) is 16.7 Å². The fourth-order valence-corrected chi connectivity index (χ4v) is 2.77. The zero-order valence-corrected chi connectivity index (χ0v) is 13.1. The van der Waals surface area contributed by atoms with Gasteiger partial charge in [0.25, 0.3) is 0 Å². The summed E-state index contributed by atoms with van der Waals surface area (Å²) in [7, 11) is 0. The summed E-state index contributed by atoms with van der Waals surface area (Å²) in [5.74, 6) is 1.57. The smallest absolute Gasteiger partial charge is 0.204 e. The lowest BCUT2D eigenvalue weighted by atomic mass is 10.1. The van der Waals surface area contributed by atoms with E-state index in [-0.39, 0.29) is 0 Å². The van der Waals surface area contributed by atoms with Crippen LogP contribution < -0.4 is 5.32 Å². The van der Waals surface area contributed by atoms with Crippen molar-refractivity contribution in [3.8, 4) is 0 Å². The summed E-state index contributed by atoms with van der Waals surface area (Å²) in [6.45, 7) is 4.10. The molecule has 0 radical (unpaired) electrons. The molecule has 114 valence electrons. The molecule has 5 heteroatoms. The number of hydrogen-bond donors (Lipinski definition) is 1. The van der Waals surface area contributed by atoms with Crippen LogP contribution in [0.3, 0.4) is 0 Å². The molecule has 0 amide bonds. The molecule has 0 unspecified atom stereocenters. The van der Waals surface area contributed by atoms with Crippen LogP contribution in [-0.2, 0) is 6.42 Å². The first-order valence-electron chi connectivity index (χ1n) is 7.72. The van der Waals surface area contributed by atoms with E-state index in [2.05, 4.69) is 46.7 Å². The SMILES string of the molecule is CCc1ccc(Nc2nc3ccccc3n3c(C)nnc23)cc1. The second-order valence-corrected chi connectivity index (χ2v) is 5.53. The molecular weight excluding hydrogens is 286 g/mol. The van der Waals surface area contributed by atoms with Crippen LogP contribution in [0.2, 0.25) is 0 Å². The number of aryl methyl sites for hydroxylation is 2. The predicted molar refractivity (Wildman–Crippen MR) is 92.1 cm³/mol. The maximum absolute atomic E-state index is 4.72. The monoisotopic (exact) mass is 303 g/mol. The van der Waals surface area contributed by atoms with E-state index in [9.17, 15) is 0 Å². The van der Waals surface area contributed by atoms with Gasteiger partial charge in [-0.3, -0.25) is 4.40 Å². The molecule has 2 aromatic carbocycles. The number of para-hydroxylation sites is 2. The minimum Gasteiger partial charge on any atom is -0.337 e. The van der Waals surface area contributed by atoms with E-state index >= 15 is 0 Å². The van der Waals surface area contributed by atoms with Gasteiger partial charge in [-0.1, -0.05) is 31.2 Å². The standard InChI is InChI=1S/C18H17N5/c1-3-13-8-10-14(11-9-13)19-17-18-22-21-12(2)23(18)16-7-5-4-6-15(16)20-17/h4-11H,3H2,1-2H3,(H,19,20). The van der Waals surface area contributed by atoms with Crippen LogP contribution >= 0.6 is 0 Å². The van der Waals surface area contributed by atoms with E-state index < -0.39 is 0 Å². The summed E-state index contributed by atoms with van der Waals surface area (Å²) >= 11 is 0. The minimum absolute atomic E-state index is 0.716. The summed E-state index contributed by atoms with van der Waals surface area (Å²) in [6.07, 6.45) is 1.03. The molecule has 2 heterocycles. The first-order valence-corrected chi connectivity index (χ1v) is 7.72. The van der Waals surface area contributed by atoms with Crippen molar-refractivity contribution in [2.24, 2.45) is 0 Å². The Morgan fingerprint density at radius 3 is 2.57 bits per heavy atom. The Morgan fingerprint density at radius 2 is 1.78 bits per heavy atom. The van der Waals surface area contributed by atoms with Crippen LogP contribution in [0.15, 0.2) is 48.5 Å². The summed E-state index contributed by atoms with van der Waals surface area (Å²) in [4.78, 5) is 4.72. The van der Waals surface area contributed by atoms with Crippen LogP contribution in [-0.4, -0.2) is 19.6 Å². The van der Waals surface area contributed by atoms with E-state index in [0.29, 0.717) is 5.82 Å². The van der Waals surface area contributed by atoms with Gasteiger partial charge in [-0.25, -0.2) is 4.98 Å². The Kier molecular flexibility index (Phi) is 3.19. The molecule has 0 bridgehead atoms. The van der Waals surface area contributed by atoms with Gasteiger partial charge in [0, 0.05) is 5.69 Å². The largest absolute Gasteiger partial charge is 0.337 e. The molecular formula is C18H17N5. The minimum atomic E-state index is 0.716. The number of nitrogens with zero attached hydrogens (tertiary/aromatic N) is 4. The zero-order valence-electron chi connectivity index (χ0n) is 13.1. The highest BCUT2D eigenvalue weighted by atomic mass is 15.3. The molecule has 0 aliphatic rings. The van der Waals surface area contributed by atoms with Crippen molar-refractivity contribution in [3.63, 3.8) is 0 Å². The van der Waals surface area contributed by atoms with E-state index in [1.165, 1.54) is 5.56 Å². The molecule has 23 heavy (non-hydrogen) atoms. The Morgan fingerprint density at radius 1 is 1.00 bits per heavy atom. The summed E-state index contributed by atoms with van der Waals surface area (Å²) < 4.78 is 2.03. The van der Waals surface area contributed by atoms with Gasteiger partial charge in [0.05, 0.1) is 11.0 Å². The molecule has 0 fully saturated rings. The van der Waals surface area contributed by atoms with Crippen molar-refractivity contribution in [1.29, 1.82) is 0 Å². The molecule has 0 spiro atoms. The first-order chi connectivity index (χ1) is 11.3. The lowest BCUT2D eigenvalue weighted by molar-refractivity contribution is 1.02. The Hall–Kier alpha value is -2.95. The quantitative estimate of drug-likeness (QED) is 0.624. The maximum atomic E-state index is 4.72. The summed E-state index contributed by atoms with van der Waals surface area (Å²) in [5, 5.41) is 11.9. The third-order valence-electron chi connectivity index (χ3n) is 4.02. The molecule has 4 aromatic rings. The van der Waals surface area contributed by atoms with E-state index in [4.69, 9.17) is 4.98 Å². The van der Waals surface area contributed by atoms with Gasteiger partial charge in [-0.15, -0.1) is 10.2 Å². The zero-order chi connectivity index (χ0) is 15.8. The second-order valence-electron chi connectivity index (χ2n) is 5.53. The van der Waals surface area contributed by atoms with Crippen molar-refractivity contribution in [2.45, 2.75) is 20.3 Å². The first kappa shape index (κ1) is 13.7. The van der Waals surface area contributed by atoms with E-state index in [1.54, 1.807) is 0 Å². The Bertz CT molecular complexity index is 986. The predicted octanol–water partition coefficient (Wildman–Crippen LogP) is 3.89. The molecule has 0 saturated carbocycles. The van der Waals surface area contributed by atoms with E-state index in [1.807, 2.05) is 35.6 Å². The fourth-order valence-electron chi connectivity index (χ4n) is 2.77. The molecule has 0 aliphatic heterocycles. The highest BCUT2D eigenvalue weighted by Crippen LogP contribution is 2.24. The lowest BCUT2D eigenvalue weighted by Gasteiger charge is -2.10. The summed E-state index contributed by atoms with van der Waals surface area (Å²) in [5.41, 5.74) is 4.96. The molecule has 2 aromatic heterocycles. The van der Waals surface area contributed by atoms with Crippen molar-refractivity contribution in [1.82, 2.24) is 19.6 Å². The Labute approximate surface area is 134 Å². The topological polar surface area (TPSA) is 55.1 Å². The third kappa shape index (κ3) is 2.30. The normalized spacial score (nSPS) is 11.2. The molecule has 1 N–H and O–H groups in total. The average molecular weight is 303 g/mol. The van der Waals surface area contributed by atoms with Gasteiger partial charge in [0.15, 0.2) is 5.82 Å². The van der Waals surface area contributed by atoms with Crippen LogP contribution in [0.4, 0.5) is 11.5 Å². The molecule has 0 atom stereocenters. The van der Waals surface area contributed by atoms with Crippen molar-refractivity contribution in [3.05, 3.63) is 59.9 Å². The number of nitrogens with one attached hydrogen (secondary N) is 1. The molecule has 5 nitrogen and oxygen atoms in total. The summed E-state index contributed by atoms with van der Waals surface area (Å²) in [6, 6.07) is 16.4. The second kappa shape index (κ2) is 5.35. The van der Waals surface area contributed by atoms with Gasteiger partial charge >= 0.3 is 0 Å². The van der Waals surface area contributed by atoms with Crippen LogP contribution in [0, 0.1) is 6.92 Å². The van der Waals surface area contributed by atoms with E-state index in [0.717, 1.165) is 34.6 Å². The van der Waals surface area contributed by atoms with Gasteiger partial charge in [0.2, 0.25) is 5.65 Å². The number of aromatic nitrogens is 4. The molecule has 0 aliphatic carbocycles. The van der Waals surface area contributed by atoms with Gasteiger partial charge < -0.3 is 5.32 Å². The van der Waals surface area contributed by atoms with Crippen LogP contribution in [0.1, 0.15) is 18.3 Å². The maximum Gasteiger partial charge on any atom is 0.204 e. The van der Waals surface area contributed by atoms with Gasteiger partial charge in [-0.05, 0) is 43.2 Å². The van der Waals surface area contributed by atoms with Crippen molar-refractivity contribution < 1.29 is 0 Å². The van der Waals surface area contributed by atoms with Gasteiger partial charge in [0.1, 0.15) is 5.82 Å². The lowest BCUT2D eigenvalue weighted by Crippen LogP contribution is -2.01. The molecule has 0 saturated heterocycles. The number of anilines is 2. The molecule has 4 rings (SSSR count). The van der Waals surface area contributed by atoms with Crippen molar-refractivity contribution >= 4 is 28.2 Å². The fraction of sp³-hybridized carbons (Fsp3) is 0.167. The average Bonchev–Trinajstić information content (AvgIpc) is 2.98. The Balaban J connectivity index is 1.87. The van der Waals surface area contributed by atoms with Gasteiger partial charge in [-0.2, -0.15) is 0 Å². The highest BCUT2D eigenvalue weighted by Gasteiger charge is 2.12. The van der Waals surface area contributed by atoms with Crippen LogP contribution in [0.5, 0.6) is 0 Å².